The number of aryl methyl sites for hydroxylation is 1. The molecule has 3 aromatic carbocycles. The van der Waals surface area contributed by atoms with Gasteiger partial charge in [0.15, 0.2) is 5.75 Å². The lowest BCUT2D eigenvalue weighted by Gasteiger charge is -2.41. The van der Waals surface area contributed by atoms with Gasteiger partial charge in [0.25, 0.3) is 5.91 Å². The van der Waals surface area contributed by atoms with Crippen molar-refractivity contribution in [3.8, 4) is 17.2 Å². The molecule has 0 radical (unpaired) electrons. The first-order chi connectivity index (χ1) is 16.0. The summed E-state index contributed by atoms with van der Waals surface area (Å²) in [6.07, 6.45) is 0. The number of rotatable bonds is 2. The topological polar surface area (TPSA) is 54.4 Å². The van der Waals surface area contributed by atoms with Crippen LogP contribution in [0.5, 0.6) is 17.2 Å². The Morgan fingerprint density at radius 3 is 2.64 bits per heavy atom. The minimum Gasteiger partial charge on any atom is -0.496 e. The van der Waals surface area contributed by atoms with Crippen LogP contribution in [0, 0.1) is 6.92 Å². The first kappa shape index (κ1) is 21.1. The highest BCUT2D eigenvalue weighted by atomic mass is 16.5. The van der Waals surface area contributed by atoms with E-state index in [9.17, 15) is 4.79 Å². The van der Waals surface area contributed by atoms with Gasteiger partial charge in [0.05, 0.1) is 18.2 Å². The normalized spacial score (nSPS) is 17.3. The van der Waals surface area contributed by atoms with E-state index in [0.29, 0.717) is 30.9 Å². The number of ether oxygens (including phenoxy) is 2. The third-order valence-corrected chi connectivity index (χ3v) is 6.21. The van der Waals surface area contributed by atoms with Crippen molar-refractivity contribution in [3.63, 3.8) is 0 Å². The molecule has 6 nitrogen and oxygen atoms in total. The Labute approximate surface area is 194 Å². The molecule has 0 aliphatic carbocycles. The van der Waals surface area contributed by atoms with E-state index in [-0.39, 0.29) is 11.9 Å². The third-order valence-electron chi connectivity index (χ3n) is 6.21. The number of hydrogen-bond acceptors (Lipinski definition) is 5. The number of aliphatic imine (C=N–C) groups is 1. The number of carbonyl (C=O) groups excluding carboxylic acids is 1. The van der Waals surface area contributed by atoms with Gasteiger partial charge in [-0.05, 0) is 55.8 Å². The lowest BCUT2D eigenvalue weighted by Crippen LogP contribution is -2.55. The van der Waals surface area contributed by atoms with Crippen LogP contribution in [0.1, 0.15) is 28.4 Å². The van der Waals surface area contributed by atoms with Crippen LogP contribution < -0.4 is 9.47 Å². The predicted octanol–water partition coefficient (Wildman–Crippen LogP) is 5.03. The molecule has 168 valence electrons. The van der Waals surface area contributed by atoms with Gasteiger partial charge in [0, 0.05) is 25.7 Å². The fourth-order valence-electron chi connectivity index (χ4n) is 4.50. The molecule has 33 heavy (non-hydrogen) atoms. The molecule has 0 N–H and O–H groups in total. The Balaban J connectivity index is 1.45. The summed E-state index contributed by atoms with van der Waals surface area (Å²) in [4.78, 5) is 22.5. The van der Waals surface area contributed by atoms with Gasteiger partial charge in [0.2, 0.25) is 0 Å². The van der Waals surface area contributed by atoms with Crippen molar-refractivity contribution in [2.24, 2.45) is 4.99 Å². The van der Waals surface area contributed by atoms with E-state index in [0.717, 1.165) is 34.1 Å². The number of para-hydroxylation sites is 2. The molecule has 0 saturated carbocycles. The Hall–Kier alpha value is -3.80. The second-order valence-corrected chi connectivity index (χ2v) is 8.50. The summed E-state index contributed by atoms with van der Waals surface area (Å²) in [6, 6.07) is 21.5. The zero-order valence-corrected chi connectivity index (χ0v) is 19.1. The van der Waals surface area contributed by atoms with E-state index in [1.807, 2.05) is 78.6 Å². The highest BCUT2D eigenvalue weighted by molar-refractivity contribution is 6.04. The number of piperazine rings is 1. The molecule has 1 saturated heterocycles. The second kappa shape index (κ2) is 8.62. The summed E-state index contributed by atoms with van der Waals surface area (Å²) in [5.41, 5.74) is 3.49. The maximum Gasteiger partial charge on any atom is 0.257 e. The molecule has 3 aromatic rings. The average Bonchev–Trinajstić information content (AvgIpc) is 3.00. The van der Waals surface area contributed by atoms with Gasteiger partial charge in [-0.2, -0.15) is 0 Å². The van der Waals surface area contributed by atoms with Gasteiger partial charge in [-0.15, -0.1) is 0 Å². The summed E-state index contributed by atoms with van der Waals surface area (Å²) < 4.78 is 11.7. The van der Waals surface area contributed by atoms with Gasteiger partial charge in [0.1, 0.15) is 23.0 Å². The van der Waals surface area contributed by atoms with Crippen LogP contribution in [-0.2, 0) is 0 Å². The summed E-state index contributed by atoms with van der Waals surface area (Å²) in [5, 5.41) is 0. The molecular weight excluding hydrogens is 414 g/mol. The number of amides is 1. The Kier molecular flexibility index (Phi) is 5.50. The van der Waals surface area contributed by atoms with E-state index < -0.39 is 0 Å². The van der Waals surface area contributed by atoms with Gasteiger partial charge < -0.3 is 19.3 Å². The third kappa shape index (κ3) is 3.93. The number of hydrogen-bond donors (Lipinski definition) is 0. The van der Waals surface area contributed by atoms with Crippen molar-refractivity contribution in [2.45, 2.75) is 19.9 Å². The van der Waals surface area contributed by atoms with Gasteiger partial charge >= 0.3 is 0 Å². The van der Waals surface area contributed by atoms with Crippen LogP contribution in [0.2, 0.25) is 0 Å². The van der Waals surface area contributed by atoms with Crippen LogP contribution in [0.3, 0.4) is 0 Å². The van der Waals surface area contributed by atoms with Crippen LogP contribution in [0.15, 0.2) is 71.7 Å². The molecule has 0 unspecified atom stereocenters. The molecule has 0 spiro atoms. The number of amidine groups is 1. The van der Waals surface area contributed by atoms with Crippen molar-refractivity contribution in [1.29, 1.82) is 0 Å². The maximum absolute atomic E-state index is 13.3. The summed E-state index contributed by atoms with van der Waals surface area (Å²) >= 11 is 0. The quantitative estimate of drug-likeness (QED) is 0.560. The van der Waals surface area contributed by atoms with Crippen molar-refractivity contribution < 1.29 is 14.3 Å². The summed E-state index contributed by atoms with van der Waals surface area (Å²) in [6.45, 7) is 6.08. The van der Waals surface area contributed by atoms with Crippen molar-refractivity contribution >= 4 is 17.4 Å². The number of nitrogens with zero attached hydrogens (tertiary/aromatic N) is 3. The first-order valence-corrected chi connectivity index (χ1v) is 11.2. The van der Waals surface area contributed by atoms with E-state index in [1.54, 1.807) is 7.11 Å². The SMILES string of the molecule is COc1ccccc1C(=O)N1CCN(C2=Nc3ccc(C)cc3Oc3ccccc32)C[C@H]1C. The molecular formula is C27H27N3O3. The standard InChI is InChI=1S/C27H27N3O3/c1-18-12-13-22-25(16-18)33-24-11-7-4-8-20(24)26(28-22)29-14-15-30(19(2)17-29)27(31)21-9-5-6-10-23(21)32-3/h4-13,16,19H,14-15,17H2,1-3H3/t19-/m1/s1. The van der Waals surface area contributed by atoms with Gasteiger partial charge in [-0.25, -0.2) is 4.99 Å². The second-order valence-electron chi connectivity index (χ2n) is 8.50. The molecule has 2 aliphatic heterocycles. The summed E-state index contributed by atoms with van der Waals surface area (Å²) in [7, 11) is 1.59. The van der Waals surface area contributed by atoms with Crippen LogP contribution in [0.4, 0.5) is 5.69 Å². The first-order valence-electron chi connectivity index (χ1n) is 11.2. The highest BCUT2D eigenvalue weighted by Crippen LogP contribution is 2.39. The average molecular weight is 442 g/mol. The maximum atomic E-state index is 13.3. The Morgan fingerprint density at radius 2 is 1.82 bits per heavy atom. The highest BCUT2D eigenvalue weighted by Gasteiger charge is 2.32. The molecule has 1 atom stereocenters. The lowest BCUT2D eigenvalue weighted by molar-refractivity contribution is 0.0578. The van der Waals surface area contributed by atoms with Gasteiger partial charge in [-0.1, -0.05) is 30.3 Å². The number of fused-ring (bicyclic) bond motifs is 2. The van der Waals surface area contributed by atoms with Gasteiger partial charge in [-0.3, -0.25) is 4.79 Å². The Bertz CT molecular complexity index is 1240. The van der Waals surface area contributed by atoms with E-state index >= 15 is 0 Å². The smallest absolute Gasteiger partial charge is 0.257 e. The number of methoxy groups -OCH3 is 1. The van der Waals surface area contributed by atoms with Crippen molar-refractivity contribution in [1.82, 2.24) is 9.80 Å². The van der Waals surface area contributed by atoms with Crippen LogP contribution in [-0.4, -0.2) is 54.3 Å². The molecule has 6 heteroatoms. The summed E-state index contributed by atoms with van der Waals surface area (Å²) in [5.74, 6) is 3.02. The fourth-order valence-corrected chi connectivity index (χ4v) is 4.50. The van der Waals surface area contributed by atoms with E-state index in [4.69, 9.17) is 14.5 Å². The predicted molar refractivity (Wildman–Crippen MR) is 129 cm³/mol. The zero-order chi connectivity index (χ0) is 22.9. The number of benzene rings is 3. The monoisotopic (exact) mass is 441 g/mol. The van der Waals surface area contributed by atoms with Crippen molar-refractivity contribution in [3.05, 3.63) is 83.4 Å². The Morgan fingerprint density at radius 1 is 1.03 bits per heavy atom. The van der Waals surface area contributed by atoms with E-state index in [1.165, 1.54) is 0 Å². The molecule has 2 aliphatic rings. The molecule has 2 heterocycles. The van der Waals surface area contributed by atoms with Crippen molar-refractivity contribution in [2.75, 3.05) is 26.7 Å². The fraction of sp³-hybridized carbons (Fsp3) is 0.259. The zero-order valence-electron chi connectivity index (χ0n) is 19.1. The lowest BCUT2D eigenvalue weighted by atomic mass is 10.1. The molecule has 1 amide bonds. The minimum atomic E-state index is -0.00744. The van der Waals surface area contributed by atoms with E-state index in [2.05, 4.69) is 11.8 Å². The van der Waals surface area contributed by atoms with Crippen LogP contribution in [0.25, 0.3) is 0 Å². The number of carbonyl (C=O) groups is 1. The van der Waals surface area contributed by atoms with Crippen LogP contribution >= 0.6 is 0 Å². The minimum absolute atomic E-state index is 0.00711. The largest absolute Gasteiger partial charge is 0.496 e. The molecule has 0 bridgehead atoms. The molecule has 5 rings (SSSR count). The molecule has 0 aromatic heterocycles. The molecule has 1 fully saturated rings.